The van der Waals surface area contributed by atoms with Crippen LogP contribution in [0.2, 0.25) is 0 Å². The molecular formula is C29H32N4O4. The number of hydrogen-bond donors (Lipinski definition) is 1. The van der Waals surface area contributed by atoms with Crippen LogP contribution in [-0.2, 0) is 29.1 Å². The fourth-order valence-electron chi connectivity index (χ4n) is 5.33. The van der Waals surface area contributed by atoms with Crippen molar-refractivity contribution >= 4 is 34.8 Å². The molecule has 0 radical (unpaired) electrons. The quantitative estimate of drug-likeness (QED) is 0.526. The van der Waals surface area contributed by atoms with Gasteiger partial charge in [-0.1, -0.05) is 30.3 Å². The van der Waals surface area contributed by atoms with Crippen molar-refractivity contribution in [3.63, 3.8) is 0 Å². The average molecular weight is 501 g/mol. The molecule has 2 aliphatic heterocycles. The number of hydrogen-bond acceptors (Lipinski definition) is 5. The van der Waals surface area contributed by atoms with Gasteiger partial charge >= 0.3 is 0 Å². The van der Waals surface area contributed by atoms with E-state index in [2.05, 4.69) is 17.5 Å². The summed E-state index contributed by atoms with van der Waals surface area (Å²) in [6.07, 6.45) is 4.22. The highest BCUT2D eigenvalue weighted by Gasteiger charge is 2.35. The van der Waals surface area contributed by atoms with Crippen molar-refractivity contribution in [1.29, 1.82) is 0 Å². The molecule has 0 bridgehead atoms. The first kappa shape index (κ1) is 24.8. The molecule has 0 fully saturated rings. The first-order valence-corrected chi connectivity index (χ1v) is 12.6. The summed E-state index contributed by atoms with van der Waals surface area (Å²) >= 11 is 0. The van der Waals surface area contributed by atoms with Crippen LogP contribution in [0.4, 0.5) is 0 Å². The van der Waals surface area contributed by atoms with Crippen LogP contribution < -0.4 is 5.32 Å². The van der Waals surface area contributed by atoms with Crippen molar-refractivity contribution in [2.45, 2.75) is 32.0 Å². The third-order valence-corrected chi connectivity index (χ3v) is 7.28. The first-order valence-electron chi connectivity index (χ1n) is 12.6. The van der Waals surface area contributed by atoms with Gasteiger partial charge in [-0.3, -0.25) is 14.4 Å². The number of amides is 3. The highest BCUT2D eigenvalue weighted by atomic mass is 16.3. The Morgan fingerprint density at radius 1 is 1.16 bits per heavy atom. The summed E-state index contributed by atoms with van der Waals surface area (Å²) in [5, 5.41) is 4.05. The van der Waals surface area contributed by atoms with E-state index in [4.69, 9.17) is 4.42 Å². The van der Waals surface area contributed by atoms with Crippen LogP contribution in [0.1, 0.15) is 39.2 Å². The van der Waals surface area contributed by atoms with Crippen LogP contribution in [0.15, 0.2) is 53.0 Å². The summed E-state index contributed by atoms with van der Waals surface area (Å²) in [6, 6.07) is 13.2. The van der Waals surface area contributed by atoms with E-state index in [9.17, 15) is 14.4 Å². The lowest BCUT2D eigenvalue weighted by molar-refractivity contribution is -0.141. The molecule has 2 aliphatic rings. The van der Waals surface area contributed by atoms with Gasteiger partial charge in [0.25, 0.3) is 5.91 Å². The number of nitrogens with one attached hydrogen (secondary N) is 1. The summed E-state index contributed by atoms with van der Waals surface area (Å²) in [5.41, 5.74) is 6.12. The maximum Gasteiger partial charge on any atom is 0.289 e. The van der Waals surface area contributed by atoms with E-state index in [0.29, 0.717) is 37.4 Å². The number of furan rings is 1. The molecule has 3 heterocycles. The lowest BCUT2D eigenvalue weighted by atomic mass is 9.89. The Bertz CT molecular complexity index is 1390. The molecule has 3 amide bonds. The highest BCUT2D eigenvalue weighted by molar-refractivity contribution is 5.96. The van der Waals surface area contributed by atoms with Crippen molar-refractivity contribution in [1.82, 2.24) is 20.0 Å². The fraction of sp³-hybridized carbons (Fsp3) is 0.345. The van der Waals surface area contributed by atoms with E-state index in [1.54, 1.807) is 25.1 Å². The van der Waals surface area contributed by atoms with Gasteiger partial charge in [-0.15, -0.1) is 0 Å². The molecule has 0 saturated heterocycles. The largest absolute Gasteiger partial charge is 0.451 e. The predicted molar refractivity (Wildman–Crippen MR) is 142 cm³/mol. The van der Waals surface area contributed by atoms with Gasteiger partial charge in [0.2, 0.25) is 12.3 Å². The van der Waals surface area contributed by atoms with E-state index >= 15 is 0 Å². The summed E-state index contributed by atoms with van der Waals surface area (Å²) in [6.45, 7) is 2.25. The molecule has 0 aliphatic carbocycles. The molecule has 8 nitrogen and oxygen atoms in total. The molecular weight excluding hydrogens is 468 g/mol. The molecule has 0 unspecified atom stereocenters. The van der Waals surface area contributed by atoms with Crippen LogP contribution in [0.25, 0.3) is 16.5 Å². The Morgan fingerprint density at radius 3 is 2.76 bits per heavy atom. The van der Waals surface area contributed by atoms with Crippen molar-refractivity contribution < 1.29 is 18.8 Å². The average Bonchev–Trinajstić information content (AvgIpc) is 3.35. The maximum absolute atomic E-state index is 13.8. The van der Waals surface area contributed by atoms with Crippen molar-refractivity contribution in [2.24, 2.45) is 0 Å². The van der Waals surface area contributed by atoms with E-state index < -0.39 is 6.04 Å². The van der Waals surface area contributed by atoms with Gasteiger partial charge in [0, 0.05) is 52.1 Å². The topological polar surface area (TPSA) is 86.1 Å². The van der Waals surface area contributed by atoms with Gasteiger partial charge in [0.05, 0.1) is 0 Å². The summed E-state index contributed by atoms with van der Waals surface area (Å²) < 4.78 is 5.73. The fourth-order valence-corrected chi connectivity index (χ4v) is 5.33. The molecule has 1 N–H and O–H groups in total. The molecule has 37 heavy (non-hydrogen) atoms. The number of rotatable bonds is 6. The zero-order valence-electron chi connectivity index (χ0n) is 21.5. The van der Waals surface area contributed by atoms with Crippen LogP contribution >= 0.6 is 0 Å². The summed E-state index contributed by atoms with van der Waals surface area (Å²) in [4.78, 5) is 43.0. The zero-order chi connectivity index (χ0) is 26.1. The first-order chi connectivity index (χ1) is 17.9. The molecule has 2 aromatic carbocycles. The summed E-state index contributed by atoms with van der Waals surface area (Å²) in [7, 11) is 5.29. The molecule has 8 heteroatoms. The van der Waals surface area contributed by atoms with Crippen molar-refractivity contribution in [3.8, 4) is 0 Å². The minimum absolute atomic E-state index is 0.0223. The highest BCUT2D eigenvalue weighted by Crippen LogP contribution is 2.30. The molecule has 1 atom stereocenters. The van der Waals surface area contributed by atoms with E-state index in [1.807, 2.05) is 42.3 Å². The minimum Gasteiger partial charge on any atom is -0.451 e. The second-order valence-corrected chi connectivity index (χ2v) is 9.92. The third-order valence-electron chi connectivity index (χ3n) is 7.28. The number of nitrogens with zero attached hydrogens (tertiary/aromatic N) is 3. The monoisotopic (exact) mass is 500 g/mol. The third kappa shape index (κ3) is 4.76. The van der Waals surface area contributed by atoms with Crippen LogP contribution in [0.5, 0.6) is 0 Å². The number of carbonyl (C=O) groups excluding carboxylic acids is 3. The van der Waals surface area contributed by atoms with Crippen LogP contribution in [0, 0.1) is 0 Å². The molecule has 5 rings (SSSR count). The summed E-state index contributed by atoms with van der Waals surface area (Å²) in [5.74, 6) is 0.0969. The van der Waals surface area contributed by atoms with E-state index in [0.717, 1.165) is 47.0 Å². The molecule has 0 saturated carbocycles. The Morgan fingerprint density at radius 2 is 2.00 bits per heavy atom. The number of benzene rings is 2. The lowest BCUT2D eigenvalue weighted by Crippen LogP contribution is -2.52. The molecule has 192 valence electrons. The van der Waals surface area contributed by atoms with E-state index in [-0.39, 0.29) is 11.8 Å². The van der Waals surface area contributed by atoms with Crippen LogP contribution in [-0.4, -0.2) is 73.2 Å². The smallest absolute Gasteiger partial charge is 0.289 e. The molecule has 3 aromatic rings. The predicted octanol–water partition coefficient (Wildman–Crippen LogP) is 3.05. The normalized spacial score (nSPS) is 17.4. The molecule has 1 aromatic heterocycles. The van der Waals surface area contributed by atoms with Crippen LogP contribution in [0.3, 0.4) is 0 Å². The Hall–Kier alpha value is -3.91. The maximum atomic E-state index is 13.8. The van der Waals surface area contributed by atoms with Gasteiger partial charge < -0.3 is 24.4 Å². The Labute approximate surface area is 216 Å². The second kappa shape index (κ2) is 10.2. The molecule has 0 spiro atoms. The standard InChI is InChI=1S/C29H32N4O4/c1-30-15-20-6-4-7-22-17-33(18-34)25(14-24(20)22)28(35)32-11-5-8-21(16-32)19-9-10-26-23(12-19)13-27(37-26)29(36)31(2)3/h4,6-10,12-13,18,25,30H,5,11,14-17H2,1-3H3/t25-/m1/s1. The van der Waals surface area contributed by atoms with Gasteiger partial charge in [-0.2, -0.15) is 0 Å². The van der Waals surface area contributed by atoms with Crippen molar-refractivity contribution in [2.75, 3.05) is 34.2 Å². The van der Waals surface area contributed by atoms with E-state index in [1.165, 1.54) is 10.5 Å². The number of carbonyl (C=O) groups is 3. The Balaban J connectivity index is 1.36. The SMILES string of the molecule is CNCc1cccc2c1C[C@H](C(=O)N1CCC=C(c3ccc4oc(C(=O)N(C)C)cc4c3)C1)N(C=O)C2. The van der Waals surface area contributed by atoms with Gasteiger partial charge in [0.15, 0.2) is 5.76 Å². The zero-order valence-corrected chi connectivity index (χ0v) is 21.5. The number of fused-ring (bicyclic) bond motifs is 2. The second-order valence-electron chi connectivity index (χ2n) is 9.92. The minimum atomic E-state index is -0.515. The van der Waals surface area contributed by atoms with Crippen molar-refractivity contribution in [3.05, 3.63) is 76.6 Å². The Kier molecular flexibility index (Phi) is 6.84. The van der Waals surface area contributed by atoms with Gasteiger partial charge in [0.1, 0.15) is 11.6 Å². The van der Waals surface area contributed by atoms with Gasteiger partial charge in [-0.25, -0.2) is 0 Å². The van der Waals surface area contributed by atoms with Gasteiger partial charge in [-0.05, 0) is 59.5 Å². The lowest BCUT2D eigenvalue weighted by Gasteiger charge is -2.38.